The number of thioether (sulfide) groups is 1. The van der Waals surface area contributed by atoms with E-state index in [0.717, 1.165) is 29.0 Å². The Morgan fingerprint density at radius 1 is 0.914 bits per heavy atom. The Morgan fingerprint density at radius 3 is 2.46 bits per heavy atom. The largest absolute Gasteiger partial charge is 0.485 e. The number of halogens is 3. The highest BCUT2D eigenvalue weighted by Gasteiger charge is 2.30. The van der Waals surface area contributed by atoms with Gasteiger partial charge in [0.2, 0.25) is 0 Å². The van der Waals surface area contributed by atoms with Gasteiger partial charge in [-0.15, -0.1) is 10.2 Å². The first-order valence-electron chi connectivity index (χ1n) is 10.9. The van der Waals surface area contributed by atoms with Gasteiger partial charge in [0, 0.05) is 25.0 Å². The van der Waals surface area contributed by atoms with Gasteiger partial charge in [0.1, 0.15) is 12.4 Å². The number of ether oxygens (including phenoxy) is 2. The summed E-state index contributed by atoms with van der Waals surface area (Å²) in [6.07, 6.45) is -4.38. The minimum absolute atomic E-state index is 0.185. The molecule has 0 fully saturated rings. The van der Waals surface area contributed by atoms with Gasteiger partial charge < -0.3 is 14.0 Å². The third-order valence-electron chi connectivity index (χ3n) is 5.26. The van der Waals surface area contributed by atoms with Crippen LogP contribution in [0.4, 0.5) is 13.2 Å². The first-order chi connectivity index (χ1) is 17.0. The highest BCUT2D eigenvalue weighted by molar-refractivity contribution is 7.98. The molecule has 5 nitrogen and oxygen atoms in total. The monoisotopic (exact) mass is 499 g/mol. The molecule has 1 heterocycles. The number of aromatic nitrogens is 3. The van der Waals surface area contributed by atoms with E-state index < -0.39 is 11.7 Å². The number of rotatable bonds is 10. The molecule has 0 aliphatic heterocycles. The Hall–Kier alpha value is -3.30. The molecule has 182 valence electrons. The topological polar surface area (TPSA) is 49.2 Å². The van der Waals surface area contributed by atoms with Crippen LogP contribution >= 0.6 is 11.8 Å². The molecule has 0 amide bonds. The summed E-state index contributed by atoms with van der Waals surface area (Å²) in [6.45, 7) is 1.11. The number of methoxy groups -OCH3 is 1. The van der Waals surface area contributed by atoms with E-state index >= 15 is 0 Å². The summed E-state index contributed by atoms with van der Waals surface area (Å²) in [5, 5.41) is 9.15. The van der Waals surface area contributed by atoms with Gasteiger partial charge in [-0.05, 0) is 23.3 Å². The Labute approximate surface area is 205 Å². The molecule has 0 spiro atoms. The average Bonchev–Trinajstić information content (AvgIpc) is 3.26. The van der Waals surface area contributed by atoms with E-state index in [0.29, 0.717) is 35.4 Å². The van der Waals surface area contributed by atoms with Crippen molar-refractivity contribution in [1.82, 2.24) is 14.8 Å². The maximum atomic E-state index is 13.0. The fourth-order valence-corrected chi connectivity index (χ4v) is 4.44. The molecule has 9 heteroatoms. The normalized spacial score (nSPS) is 11.5. The Kier molecular flexibility index (Phi) is 8.09. The predicted molar refractivity (Wildman–Crippen MR) is 129 cm³/mol. The summed E-state index contributed by atoms with van der Waals surface area (Å²) in [7, 11) is 1.60. The summed E-state index contributed by atoms with van der Waals surface area (Å²) in [5.41, 5.74) is 1.90. The van der Waals surface area contributed by atoms with Crippen molar-refractivity contribution in [3.05, 3.63) is 95.8 Å². The number of benzene rings is 3. The Bertz CT molecular complexity index is 1250. The lowest BCUT2D eigenvalue weighted by Crippen LogP contribution is -2.12. The van der Waals surface area contributed by atoms with Crippen molar-refractivity contribution >= 4 is 11.8 Å². The summed E-state index contributed by atoms with van der Waals surface area (Å²) in [4.78, 5) is 0. The second-order valence-corrected chi connectivity index (χ2v) is 8.62. The first-order valence-corrected chi connectivity index (χ1v) is 11.9. The third kappa shape index (κ3) is 6.43. The third-order valence-corrected chi connectivity index (χ3v) is 6.30. The highest BCUT2D eigenvalue weighted by atomic mass is 32.2. The molecule has 4 rings (SSSR count). The van der Waals surface area contributed by atoms with Crippen LogP contribution in [0.2, 0.25) is 0 Å². The second-order valence-electron chi connectivity index (χ2n) is 7.68. The zero-order valence-electron chi connectivity index (χ0n) is 19.0. The quantitative estimate of drug-likeness (QED) is 0.234. The molecule has 0 bridgehead atoms. The molecule has 35 heavy (non-hydrogen) atoms. The molecule has 0 atom stereocenters. The van der Waals surface area contributed by atoms with Gasteiger partial charge in [0.25, 0.3) is 0 Å². The van der Waals surface area contributed by atoms with Crippen LogP contribution in [0, 0.1) is 0 Å². The summed E-state index contributed by atoms with van der Waals surface area (Å²) >= 11 is 1.32. The molecule has 0 saturated heterocycles. The smallest absolute Gasteiger partial charge is 0.416 e. The van der Waals surface area contributed by atoms with Crippen molar-refractivity contribution in [1.29, 1.82) is 0 Å². The summed E-state index contributed by atoms with van der Waals surface area (Å²) in [5.74, 6) is 1.65. The van der Waals surface area contributed by atoms with Crippen molar-refractivity contribution in [2.75, 3.05) is 13.7 Å². The molecule has 0 radical (unpaired) electrons. The van der Waals surface area contributed by atoms with Crippen molar-refractivity contribution in [2.24, 2.45) is 0 Å². The van der Waals surface area contributed by atoms with E-state index in [1.54, 1.807) is 13.2 Å². The van der Waals surface area contributed by atoms with Gasteiger partial charge in [-0.3, -0.25) is 0 Å². The minimum Gasteiger partial charge on any atom is -0.485 e. The SMILES string of the molecule is COCCn1c(COc2ccccc2-c2ccccc2)nnc1SCc1cccc(C(F)(F)F)c1. The van der Waals surface area contributed by atoms with Crippen LogP contribution in [-0.4, -0.2) is 28.5 Å². The van der Waals surface area contributed by atoms with Crippen LogP contribution in [0.1, 0.15) is 17.0 Å². The van der Waals surface area contributed by atoms with Crippen molar-refractivity contribution in [3.8, 4) is 16.9 Å². The average molecular weight is 500 g/mol. The number of hydrogen-bond acceptors (Lipinski definition) is 5. The Balaban J connectivity index is 1.50. The summed E-state index contributed by atoms with van der Waals surface area (Å²) in [6, 6.07) is 23.0. The summed E-state index contributed by atoms with van der Waals surface area (Å²) < 4.78 is 52.4. The van der Waals surface area contributed by atoms with E-state index in [-0.39, 0.29) is 6.61 Å². The molecule has 1 aromatic heterocycles. The van der Waals surface area contributed by atoms with E-state index in [2.05, 4.69) is 10.2 Å². The van der Waals surface area contributed by atoms with Crippen LogP contribution in [0.5, 0.6) is 5.75 Å². The lowest BCUT2D eigenvalue weighted by atomic mass is 10.1. The number of alkyl halides is 3. The lowest BCUT2D eigenvalue weighted by molar-refractivity contribution is -0.137. The lowest BCUT2D eigenvalue weighted by Gasteiger charge is -2.13. The van der Waals surface area contributed by atoms with E-state index in [1.807, 2.05) is 59.2 Å². The maximum absolute atomic E-state index is 13.0. The molecule has 0 unspecified atom stereocenters. The Morgan fingerprint density at radius 2 is 1.69 bits per heavy atom. The molecular formula is C26H24F3N3O2S. The van der Waals surface area contributed by atoms with Gasteiger partial charge in [0.05, 0.1) is 12.2 Å². The molecular weight excluding hydrogens is 475 g/mol. The maximum Gasteiger partial charge on any atom is 0.416 e. The van der Waals surface area contributed by atoms with Crippen molar-refractivity contribution in [3.63, 3.8) is 0 Å². The highest BCUT2D eigenvalue weighted by Crippen LogP contribution is 2.32. The van der Waals surface area contributed by atoms with Crippen molar-refractivity contribution < 1.29 is 22.6 Å². The van der Waals surface area contributed by atoms with E-state index in [1.165, 1.54) is 17.8 Å². The second kappa shape index (κ2) is 11.4. The first kappa shape index (κ1) is 24.8. The zero-order chi connectivity index (χ0) is 24.7. The van der Waals surface area contributed by atoms with Gasteiger partial charge in [0.15, 0.2) is 11.0 Å². The zero-order valence-corrected chi connectivity index (χ0v) is 19.9. The van der Waals surface area contributed by atoms with Gasteiger partial charge >= 0.3 is 6.18 Å². The number of para-hydroxylation sites is 1. The van der Waals surface area contributed by atoms with Gasteiger partial charge in [-0.25, -0.2) is 0 Å². The van der Waals surface area contributed by atoms with Crippen LogP contribution < -0.4 is 4.74 Å². The van der Waals surface area contributed by atoms with E-state index in [4.69, 9.17) is 9.47 Å². The minimum atomic E-state index is -4.38. The number of hydrogen-bond donors (Lipinski definition) is 0. The fraction of sp³-hybridized carbons (Fsp3) is 0.231. The number of nitrogens with zero attached hydrogens (tertiary/aromatic N) is 3. The predicted octanol–water partition coefficient (Wildman–Crippen LogP) is 6.48. The van der Waals surface area contributed by atoms with Crippen LogP contribution in [-0.2, 0) is 29.8 Å². The van der Waals surface area contributed by atoms with Gasteiger partial charge in [-0.1, -0.05) is 78.5 Å². The molecule has 0 N–H and O–H groups in total. The van der Waals surface area contributed by atoms with Crippen LogP contribution in [0.15, 0.2) is 84.0 Å². The molecule has 0 aliphatic carbocycles. The van der Waals surface area contributed by atoms with Crippen LogP contribution in [0.25, 0.3) is 11.1 Å². The molecule has 0 saturated carbocycles. The van der Waals surface area contributed by atoms with Gasteiger partial charge in [-0.2, -0.15) is 13.2 Å². The van der Waals surface area contributed by atoms with Crippen molar-refractivity contribution in [2.45, 2.75) is 30.2 Å². The molecule has 4 aromatic rings. The molecule has 0 aliphatic rings. The standard InChI is InChI=1S/C26H24F3N3O2S/c1-33-15-14-32-24(17-34-23-13-6-5-12-22(23)20-9-3-2-4-10-20)30-31-25(32)35-18-19-8-7-11-21(16-19)26(27,28)29/h2-13,16H,14-15,17-18H2,1H3. The van der Waals surface area contributed by atoms with Crippen LogP contribution in [0.3, 0.4) is 0 Å². The van der Waals surface area contributed by atoms with E-state index in [9.17, 15) is 13.2 Å². The fourth-order valence-electron chi connectivity index (χ4n) is 3.52. The molecule has 3 aromatic carbocycles.